The number of Topliss-reactive ketones (excluding diaryl/α,β-unsaturated/α-hetero) is 1. The molecular formula is C21H23FN2O2. The molecule has 0 amide bonds. The van der Waals surface area contributed by atoms with Crippen LogP contribution in [0.1, 0.15) is 23.2 Å². The third-order valence-corrected chi connectivity index (χ3v) is 5.36. The van der Waals surface area contributed by atoms with Gasteiger partial charge >= 0.3 is 0 Å². The highest BCUT2D eigenvalue weighted by molar-refractivity contribution is 5.97. The van der Waals surface area contributed by atoms with E-state index >= 15 is 0 Å². The van der Waals surface area contributed by atoms with Crippen LogP contribution in [0.5, 0.6) is 5.75 Å². The lowest BCUT2D eigenvalue weighted by atomic mass is 9.89. The maximum atomic E-state index is 13.0. The van der Waals surface area contributed by atoms with Gasteiger partial charge in [0.25, 0.3) is 0 Å². The zero-order valence-electron chi connectivity index (χ0n) is 14.7. The standard InChI is InChI=1S/C21H23FN2O2/c22-18-7-5-16(6-8-18)21(25)17-9-11-23(12-10-17)13-14-24-15-26-20-4-2-1-3-19(20)24/h1-8,17H,9-15H2. The number of piperidine rings is 1. The molecule has 0 radical (unpaired) electrons. The fraction of sp³-hybridized carbons (Fsp3) is 0.381. The van der Waals surface area contributed by atoms with E-state index in [4.69, 9.17) is 4.74 Å². The summed E-state index contributed by atoms with van der Waals surface area (Å²) in [6, 6.07) is 14.0. The van der Waals surface area contributed by atoms with E-state index in [0.717, 1.165) is 50.5 Å². The van der Waals surface area contributed by atoms with E-state index in [1.807, 2.05) is 18.2 Å². The second-order valence-electron chi connectivity index (χ2n) is 6.99. The normalized spacial score (nSPS) is 17.8. The molecule has 0 N–H and O–H groups in total. The number of fused-ring (bicyclic) bond motifs is 1. The predicted molar refractivity (Wildman–Crippen MR) is 99.2 cm³/mol. The van der Waals surface area contributed by atoms with E-state index in [-0.39, 0.29) is 17.5 Å². The Morgan fingerprint density at radius 3 is 2.54 bits per heavy atom. The van der Waals surface area contributed by atoms with Crippen LogP contribution in [0, 0.1) is 11.7 Å². The van der Waals surface area contributed by atoms with Gasteiger partial charge in [0.1, 0.15) is 11.6 Å². The van der Waals surface area contributed by atoms with Crippen LogP contribution in [0.4, 0.5) is 10.1 Å². The second-order valence-corrected chi connectivity index (χ2v) is 6.99. The zero-order chi connectivity index (χ0) is 17.9. The van der Waals surface area contributed by atoms with Gasteiger partial charge in [-0.3, -0.25) is 4.79 Å². The Balaban J connectivity index is 1.26. The van der Waals surface area contributed by atoms with Crippen molar-refractivity contribution >= 4 is 11.5 Å². The average molecular weight is 354 g/mol. The van der Waals surface area contributed by atoms with Gasteiger partial charge in [-0.1, -0.05) is 12.1 Å². The smallest absolute Gasteiger partial charge is 0.166 e. The lowest BCUT2D eigenvalue weighted by Gasteiger charge is -2.32. The summed E-state index contributed by atoms with van der Waals surface area (Å²) in [5.41, 5.74) is 1.78. The third kappa shape index (κ3) is 3.58. The molecule has 0 unspecified atom stereocenters. The number of anilines is 1. The van der Waals surface area contributed by atoms with Crippen LogP contribution >= 0.6 is 0 Å². The molecule has 4 nitrogen and oxygen atoms in total. The van der Waals surface area contributed by atoms with E-state index in [1.54, 1.807) is 12.1 Å². The van der Waals surface area contributed by atoms with E-state index in [2.05, 4.69) is 15.9 Å². The van der Waals surface area contributed by atoms with Crippen molar-refractivity contribution in [3.8, 4) is 5.75 Å². The number of carbonyl (C=O) groups excluding carboxylic acids is 1. The van der Waals surface area contributed by atoms with E-state index in [9.17, 15) is 9.18 Å². The van der Waals surface area contributed by atoms with Gasteiger partial charge in [0.05, 0.1) is 5.69 Å². The molecular weight excluding hydrogens is 331 g/mol. The molecule has 26 heavy (non-hydrogen) atoms. The fourth-order valence-electron chi connectivity index (χ4n) is 3.77. The van der Waals surface area contributed by atoms with Gasteiger partial charge in [-0.25, -0.2) is 4.39 Å². The molecule has 5 heteroatoms. The van der Waals surface area contributed by atoms with Crippen molar-refractivity contribution in [2.75, 3.05) is 37.8 Å². The monoisotopic (exact) mass is 354 g/mol. The molecule has 1 fully saturated rings. The first-order valence-corrected chi connectivity index (χ1v) is 9.19. The molecule has 0 saturated carbocycles. The fourth-order valence-corrected chi connectivity index (χ4v) is 3.77. The third-order valence-electron chi connectivity index (χ3n) is 5.36. The molecule has 0 aliphatic carbocycles. The van der Waals surface area contributed by atoms with Crippen molar-refractivity contribution in [2.45, 2.75) is 12.8 Å². The molecule has 136 valence electrons. The maximum absolute atomic E-state index is 13.0. The van der Waals surface area contributed by atoms with Crippen LogP contribution in [0.3, 0.4) is 0 Å². The SMILES string of the molecule is O=C(c1ccc(F)cc1)C1CCN(CCN2COc3ccccc32)CC1. The number of rotatable bonds is 5. The summed E-state index contributed by atoms with van der Waals surface area (Å²) in [4.78, 5) is 17.2. The minimum atomic E-state index is -0.302. The number of para-hydroxylation sites is 2. The van der Waals surface area contributed by atoms with Crippen LogP contribution in [-0.4, -0.2) is 43.6 Å². The van der Waals surface area contributed by atoms with Gasteiger partial charge in [0.2, 0.25) is 0 Å². The van der Waals surface area contributed by atoms with Crippen molar-refractivity contribution < 1.29 is 13.9 Å². The summed E-state index contributed by atoms with van der Waals surface area (Å²) in [5, 5.41) is 0. The van der Waals surface area contributed by atoms with Crippen LogP contribution in [-0.2, 0) is 0 Å². The van der Waals surface area contributed by atoms with E-state index in [0.29, 0.717) is 12.3 Å². The van der Waals surface area contributed by atoms with Crippen LogP contribution in [0.2, 0.25) is 0 Å². The zero-order valence-corrected chi connectivity index (χ0v) is 14.7. The van der Waals surface area contributed by atoms with Gasteiger partial charge in [0.15, 0.2) is 12.5 Å². The van der Waals surface area contributed by atoms with Crippen molar-refractivity contribution in [3.05, 3.63) is 59.9 Å². The number of ketones is 1. The van der Waals surface area contributed by atoms with Gasteiger partial charge in [-0.15, -0.1) is 0 Å². The Morgan fingerprint density at radius 2 is 1.77 bits per heavy atom. The Bertz CT molecular complexity index is 770. The minimum absolute atomic E-state index is 0.0487. The average Bonchev–Trinajstić information content (AvgIpc) is 3.10. The number of benzene rings is 2. The first-order valence-electron chi connectivity index (χ1n) is 9.19. The Hall–Kier alpha value is -2.40. The predicted octanol–water partition coefficient (Wildman–Crippen LogP) is 3.58. The maximum Gasteiger partial charge on any atom is 0.166 e. The highest BCUT2D eigenvalue weighted by Gasteiger charge is 2.26. The van der Waals surface area contributed by atoms with Crippen molar-refractivity contribution in [1.82, 2.24) is 4.90 Å². The van der Waals surface area contributed by atoms with Crippen molar-refractivity contribution in [3.63, 3.8) is 0 Å². The molecule has 2 aliphatic rings. The topological polar surface area (TPSA) is 32.8 Å². The summed E-state index contributed by atoms with van der Waals surface area (Å²) in [5.74, 6) is 0.846. The van der Waals surface area contributed by atoms with Crippen LogP contribution in [0.15, 0.2) is 48.5 Å². The number of hydrogen-bond donors (Lipinski definition) is 0. The highest BCUT2D eigenvalue weighted by Crippen LogP contribution is 2.33. The first-order chi connectivity index (χ1) is 12.7. The molecule has 4 rings (SSSR count). The number of nitrogens with zero attached hydrogens (tertiary/aromatic N) is 2. The molecule has 2 aromatic rings. The van der Waals surface area contributed by atoms with Crippen molar-refractivity contribution in [1.29, 1.82) is 0 Å². The Labute approximate surface area is 153 Å². The molecule has 2 heterocycles. The van der Waals surface area contributed by atoms with E-state index in [1.165, 1.54) is 12.1 Å². The highest BCUT2D eigenvalue weighted by atomic mass is 19.1. The Kier molecular flexibility index (Phi) is 4.89. The second kappa shape index (κ2) is 7.46. The number of ether oxygens (including phenoxy) is 1. The van der Waals surface area contributed by atoms with Gasteiger partial charge in [-0.2, -0.15) is 0 Å². The van der Waals surface area contributed by atoms with Gasteiger partial charge in [-0.05, 0) is 62.3 Å². The largest absolute Gasteiger partial charge is 0.471 e. The quantitative estimate of drug-likeness (QED) is 0.769. The molecule has 1 saturated heterocycles. The number of hydrogen-bond acceptors (Lipinski definition) is 4. The summed E-state index contributed by atoms with van der Waals surface area (Å²) < 4.78 is 18.7. The number of carbonyl (C=O) groups is 1. The molecule has 0 aromatic heterocycles. The first kappa shape index (κ1) is 17.0. The van der Waals surface area contributed by atoms with E-state index < -0.39 is 0 Å². The molecule has 0 atom stereocenters. The summed E-state index contributed by atoms with van der Waals surface area (Å²) in [7, 11) is 0. The minimum Gasteiger partial charge on any atom is -0.471 e. The number of halogens is 1. The van der Waals surface area contributed by atoms with Crippen LogP contribution < -0.4 is 9.64 Å². The van der Waals surface area contributed by atoms with Crippen LogP contribution in [0.25, 0.3) is 0 Å². The van der Waals surface area contributed by atoms with Gasteiger partial charge in [0, 0.05) is 24.6 Å². The van der Waals surface area contributed by atoms with Gasteiger partial charge < -0.3 is 14.5 Å². The lowest BCUT2D eigenvalue weighted by molar-refractivity contribution is 0.0842. The number of likely N-dealkylation sites (tertiary alicyclic amines) is 1. The van der Waals surface area contributed by atoms with Crippen molar-refractivity contribution in [2.24, 2.45) is 5.92 Å². The molecule has 2 aliphatic heterocycles. The molecule has 0 bridgehead atoms. The Morgan fingerprint density at radius 1 is 1.04 bits per heavy atom. The molecule has 0 spiro atoms. The molecule has 2 aromatic carbocycles. The summed E-state index contributed by atoms with van der Waals surface area (Å²) >= 11 is 0. The summed E-state index contributed by atoms with van der Waals surface area (Å²) in [6.45, 7) is 4.35. The lowest BCUT2D eigenvalue weighted by Crippen LogP contribution is -2.41. The summed E-state index contributed by atoms with van der Waals surface area (Å²) in [6.07, 6.45) is 1.73.